The molecule has 0 aliphatic carbocycles. The smallest absolute Gasteiger partial charge is 0.0443 e. The third-order valence-electron chi connectivity index (χ3n) is 2.24. The molecule has 11 heavy (non-hydrogen) atoms. The Morgan fingerprint density at radius 1 is 1.27 bits per heavy atom. The van der Waals surface area contributed by atoms with Gasteiger partial charge in [0, 0.05) is 26.7 Å². The van der Waals surface area contributed by atoms with Crippen LogP contribution in [0.5, 0.6) is 0 Å². The third-order valence-corrected chi connectivity index (χ3v) is 2.24. The molecule has 1 fully saturated rings. The minimum absolute atomic E-state index is 0.354. The first-order chi connectivity index (χ1) is 4.91. The summed E-state index contributed by atoms with van der Waals surface area (Å²) < 4.78 is 0. The summed E-state index contributed by atoms with van der Waals surface area (Å²) in [4.78, 5) is 0. The van der Waals surface area contributed by atoms with E-state index in [0.29, 0.717) is 11.5 Å². The predicted octanol–water partition coefficient (Wildman–Crippen LogP) is 0.698. The van der Waals surface area contributed by atoms with E-state index in [-0.39, 0.29) is 0 Å². The van der Waals surface area contributed by atoms with Gasteiger partial charge in [-0.15, -0.1) is 0 Å². The van der Waals surface area contributed by atoms with Crippen LogP contribution in [0.15, 0.2) is 0 Å². The van der Waals surface area contributed by atoms with Gasteiger partial charge in [-0.3, -0.25) is 0 Å². The molecule has 0 aromatic rings. The Morgan fingerprint density at radius 3 is 2.00 bits per heavy atom. The fraction of sp³-hybridized carbons (Fsp3) is 1.00. The molecule has 66 valence electrons. The molecule has 1 unspecified atom stereocenters. The highest BCUT2D eigenvalue weighted by molar-refractivity contribution is 4.84. The second-order valence-corrected chi connectivity index (χ2v) is 4.47. The lowest BCUT2D eigenvalue weighted by molar-refractivity contribution is 0.111. The summed E-state index contributed by atoms with van der Waals surface area (Å²) in [5.41, 5.74) is 3.59. The maximum atomic E-state index is 3.24. The molecule has 1 heterocycles. The Labute approximate surface area is 69.3 Å². The van der Waals surface area contributed by atoms with Gasteiger partial charge in [0.15, 0.2) is 0 Å². The molecular weight excluding hydrogens is 138 g/mol. The van der Waals surface area contributed by atoms with Gasteiger partial charge in [0.25, 0.3) is 0 Å². The summed E-state index contributed by atoms with van der Waals surface area (Å²) >= 11 is 0. The predicted molar refractivity (Wildman–Crippen MR) is 46.8 cm³/mol. The number of hydrogen-bond donors (Lipinski definition) is 1. The highest BCUT2D eigenvalue weighted by atomic mass is 15.8. The van der Waals surface area contributed by atoms with Crippen molar-refractivity contribution in [1.82, 2.24) is 15.6 Å². The van der Waals surface area contributed by atoms with Crippen molar-refractivity contribution >= 4 is 0 Å². The maximum absolute atomic E-state index is 3.24. The summed E-state index contributed by atoms with van der Waals surface area (Å²) in [7, 11) is 4.17. The third kappa shape index (κ3) is 1.92. The van der Waals surface area contributed by atoms with E-state index >= 15 is 0 Å². The first-order valence-corrected chi connectivity index (χ1v) is 4.11. The Kier molecular flexibility index (Phi) is 2.23. The summed E-state index contributed by atoms with van der Waals surface area (Å²) in [6, 6.07) is 0.604. The van der Waals surface area contributed by atoms with Crippen molar-refractivity contribution in [2.75, 3.05) is 20.6 Å². The fourth-order valence-electron chi connectivity index (χ4n) is 1.62. The number of hydrazine groups is 2. The lowest BCUT2D eigenvalue weighted by Gasteiger charge is -2.30. The van der Waals surface area contributed by atoms with E-state index in [2.05, 4.69) is 50.4 Å². The molecular formula is C8H19N3. The van der Waals surface area contributed by atoms with Crippen LogP contribution in [0.25, 0.3) is 0 Å². The van der Waals surface area contributed by atoms with Crippen LogP contribution in [0.2, 0.25) is 0 Å². The average Bonchev–Trinajstić information content (AvgIpc) is 2.08. The first-order valence-electron chi connectivity index (χ1n) is 4.11. The molecule has 0 aromatic carbocycles. The van der Waals surface area contributed by atoms with E-state index in [1.54, 1.807) is 0 Å². The highest BCUT2D eigenvalue weighted by Crippen LogP contribution is 2.25. The molecule has 0 aromatic heterocycles. The fourth-order valence-corrected chi connectivity index (χ4v) is 1.62. The lowest BCUT2D eigenvalue weighted by Crippen LogP contribution is -2.42. The van der Waals surface area contributed by atoms with Gasteiger partial charge in [-0.1, -0.05) is 20.8 Å². The molecule has 1 aliphatic rings. The minimum Gasteiger partial charge on any atom is -0.232 e. The average molecular weight is 157 g/mol. The zero-order valence-electron chi connectivity index (χ0n) is 8.18. The van der Waals surface area contributed by atoms with Crippen LogP contribution >= 0.6 is 0 Å². The van der Waals surface area contributed by atoms with Crippen LogP contribution in [-0.4, -0.2) is 36.7 Å². The summed E-state index contributed by atoms with van der Waals surface area (Å²) in [5, 5.41) is 4.30. The quantitative estimate of drug-likeness (QED) is 0.558. The van der Waals surface area contributed by atoms with E-state index < -0.39 is 0 Å². The Morgan fingerprint density at radius 2 is 1.82 bits per heavy atom. The number of nitrogens with one attached hydrogen (secondary N) is 1. The minimum atomic E-state index is 0.354. The molecule has 0 radical (unpaired) electrons. The van der Waals surface area contributed by atoms with Crippen LogP contribution in [0.3, 0.4) is 0 Å². The molecule has 1 saturated heterocycles. The van der Waals surface area contributed by atoms with Gasteiger partial charge in [-0.25, -0.2) is 10.0 Å². The molecule has 1 rings (SSSR count). The summed E-state index contributed by atoms with van der Waals surface area (Å²) in [5.74, 6) is 0. The van der Waals surface area contributed by atoms with E-state index in [1.165, 1.54) is 0 Å². The van der Waals surface area contributed by atoms with Crippen molar-refractivity contribution < 1.29 is 0 Å². The monoisotopic (exact) mass is 157 g/mol. The second kappa shape index (κ2) is 2.73. The molecule has 0 spiro atoms. The van der Waals surface area contributed by atoms with E-state index in [1.807, 2.05) is 0 Å². The maximum Gasteiger partial charge on any atom is 0.0443 e. The summed E-state index contributed by atoms with van der Waals surface area (Å²) in [6.45, 7) is 7.92. The van der Waals surface area contributed by atoms with Gasteiger partial charge in [-0.2, -0.15) is 5.53 Å². The first kappa shape index (κ1) is 8.97. The van der Waals surface area contributed by atoms with E-state index in [0.717, 1.165) is 6.54 Å². The number of rotatable bonds is 0. The molecule has 0 saturated carbocycles. The Bertz CT molecular complexity index is 139. The van der Waals surface area contributed by atoms with Gasteiger partial charge in [0.2, 0.25) is 0 Å². The zero-order chi connectivity index (χ0) is 8.65. The zero-order valence-corrected chi connectivity index (χ0v) is 8.18. The van der Waals surface area contributed by atoms with Crippen LogP contribution in [0, 0.1) is 5.41 Å². The molecule has 1 aliphatic heterocycles. The SMILES string of the molecule is CN1CC(C(C)(C)C)N(C)N1. The van der Waals surface area contributed by atoms with Crippen molar-refractivity contribution in [3.05, 3.63) is 0 Å². The standard InChI is InChI=1S/C8H19N3/c1-8(2,3)7-6-10(4)9-11(7)5/h7,9H,6H2,1-5H3. The lowest BCUT2D eigenvalue weighted by atomic mass is 9.87. The van der Waals surface area contributed by atoms with Crippen molar-refractivity contribution in [2.24, 2.45) is 5.41 Å². The highest BCUT2D eigenvalue weighted by Gasteiger charge is 2.34. The molecule has 3 heteroatoms. The largest absolute Gasteiger partial charge is 0.232 e. The Hall–Kier alpha value is -0.120. The molecule has 1 N–H and O–H groups in total. The van der Waals surface area contributed by atoms with Gasteiger partial charge < -0.3 is 0 Å². The second-order valence-electron chi connectivity index (χ2n) is 4.47. The van der Waals surface area contributed by atoms with Crippen LogP contribution < -0.4 is 5.53 Å². The molecule has 1 atom stereocenters. The van der Waals surface area contributed by atoms with Crippen LogP contribution in [0.4, 0.5) is 0 Å². The number of nitrogens with zero attached hydrogens (tertiary/aromatic N) is 2. The molecule has 3 nitrogen and oxygen atoms in total. The summed E-state index contributed by atoms with van der Waals surface area (Å²) in [6.07, 6.45) is 0. The number of hydrogen-bond acceptors (Lipinski definition) is 3. The van der Waals surface area contributed by atoms with Crippen molar-refractivity contribution in [1.29, 1.82) is 0 Å². The normalized spacial score (nSPS) is 29.7. The number of likely N-dealkylation sites (N-methyl/N-ethyl adjacent to an activating group) is 2. The van der Waals surface area contributed by atoms with Crippen molar-refractivity contribution in [3.8, 4) is 0 Å². The van der Waals surface area contributed by atoms with E-state index in [9.17, 15) is 0 Å². The topological polar surface area (TPSA) is 18.5 Å². The van der Waals surface area contributed by atoms with Crippen molar-refractivity contribution in [2.45, 2.75) is 26.8 Å². The van der Waals surface area contributed by atoms with Crippen molar-refractivity contribution in [3.63, 3.8) is 0 Å². The van der Waals surface area contributed by atoms with Gasteiger partial charge in [-0.05, 0) is 5.41 Å². The van der Waals surface area contributed by atoms with Crippen LogP contribution in [-0.2, 0) is 0 Å². The van der Waals surface area contributed by atoms with E-state index in [4.69, 9.17) is 0 Å². The Balaban J connectivity index is 2.60. The van der Waals surface area contributed by atoms with Gasteiger partial charge in [0.05, 0.1) is 0 Å². The van der Waals surface area contributed by atoms with Gasteiger partial charge >= 0.3 is 0 Å². The van der Waals surface area contributed by atoms with Gasteiger partial charge in [0.1, 0.15) is 0 Å². The molecule has 0 bridgehead atoms. The molecule has 0 amide bonds. The van der Waals surface area contributed by atoms with Crippen LogP contribution in [0.1, 0.15) is 20.8 Å².